The molecule has 0 spiro atoms. The van der Waals surface area contributed by atoms with Crippen LogP contribution < -0.4 is 5.32 Å². The lowest BCUT2D eigenvalue weighted by Crippen LogP contribution is -2.52. The first-order chi connectivity index (χ1) is 14.6. The predicted octanol–water partition coefficient (Wildman–Crippen LogP) is 3.68. The molecule has 2 aromatic rings. The van der Waals surface area contributed by atoms with E-state index in [1.165, 1.54) is 6.42 Å². The summed E-state index contributed by atoms with van der Waals surface area (Å²) in [6.07, 6.45) is 9.96. The number of nitrogens with one attached hydrogen (secondary N) is 1. The van der Waals surface area contributed by atoms with E-state index in [2.05, 4.69) is 22.2 Å². The number of unbranched alkanes of at least 4 members (excludes halogenated alkanes) is 1. The Bertz CT molecular complexity index is 867. The van der Waals surface area contributed by atoms with Crippen molar-refractivity contribution in [3.63, 3.8) is 0 Å². The zero-order valence-corrected chi connectivity index (χ0v) is 18.4. The topological polar surface area (TPSA) is 77.8 Å². The van der Waals surface area contributed by atoms with E-state index in [-0.39, 0.29) is 11.9 Å². The van der Waals surface area contributed by atoms with E-state index < -0.39 is 0 Å². The summed E-state index contributed by atoms with van der Waals surface area (Å²) in [5.74, 6) is 0.854. The maximum absolute atomic E-state index is 13.2. The van der Waals surface area contributed by atoms with Crippen LogP contribution in [0.1, 0.15) is 73.7 Å². The van der Waals surface area contributed by atoms with Crippen molar-refractivity contribution >= 4 is 11.6 Å². The molecule has 2 saturated carbocycles. The molecule has 2 aliphatic carbocycles. The van der Waals surface area contributed by atoms with Gasteiger partial charge in [-0.05, 0) is 56.9 Å². The molecule has 0 saturated heterocycles. The summed E-state index contributed by atoms with van der Waals surface area (Å²) in [6.45, 7) is 5.42. The second-order valence-corrected chi connectivity index (χ2v) is 8.88. The predicted molar refractivity (Wildman–Crippen MR) is 114 cm³/mol. The number of ether oxygens (including phenoxy) is 2. The molecule has 1 N–H and O–H groups in total. The normalized spacial score (nSPS) is 26.1. The number of hydrogen-bond acceptors (Lipinski definition) is 5. The molecule has 7 nitrogen and oxygen atoms in total. The molecule has 0 aromatic carbocycles. The van der Waals surface area contributed by atoms with Crippen molar-refractivity contribution in [2.75, 3.05) is 13.7 Å². The Labute approximate surface area is 178 Å². The summed E-state index contributed by atoms with van der Waals surface area (Å²) in [5.41, 5.74) is 2.79. The van der Waals surface area contributed by atoms with Crippen LogP contribution in [0.5, 0.6) is 0 Å². The van der Waals surface area contributed by atoms with E-state index in [1.54, 1.807) is 13.4 Å². The van der Waals surface area contributed by atoms with Gasteiger partial charge >= 0.3 is 0 Å². The lowest BCUT2D eigenvalue weighted by molar-refractivity contribution is -0.0329. The van der Waals surface area contributed by atoms with Gasteiger partial charge in [0.1, 0.15) is 6.33 Å². The third-order valence-electron chi connectivity index (χ3n) is 6.66. The van der Waals surface area contributed by atoms with E-state index in [1.807, 2.05) is 17.4 Å². The lowest BCUT2D eigenvalue weighted by atomic mass is 9.67. The number of rotatable bonds is 8. The molecular weight excluding hydrogens is 380 g/mol. The van der Waals surface area contributed by atoms with Crippen molar-refractivity contribution in [2.24, 2.45) is 11.8 Å². The van der Waals surface area contributed by atoms with Gasteiger partial charge in [-0.25, -0.2) is 9.97 Å². The molecule has 4 atom stereocenters. The van der Waals surface area contributed by atoms with E-state index in [4.69, 9.17) is 9.47 Å². The molecule has 164 valence electrons. The summed E-state index contributed by atoms with van der Waals surface area (Å²) in [5, 5.41) is 3.33. The number of imidazole rings is 1. The smallest absolute Gasteiger partial charge is 0.274 e. The van der Waals surface area contributed by atoms with Crippen LogP contribution in [-0.4, -0.2) is 46.1 Å². The Kier molecular flexibility index (Phi) is 6.68. The Morgan fingerprint density at radius 3 is 2.77 bits per heavy atom. The van der Waals surface area contributed by atoms with Crippen LogP contribution in [0.25, 0.3) is 5.65 Å². The molecule has 2 bridgehead atoms. The monoisotopic (exact) mass is 414 g/mol. The standard InChI is InChI=1S/C23H34N4O3/c1-4-5-9-30-19-11-16-7-6-8-17(12-19)20(16)26-23(28)21-22-25-15(2)10-18(13-29-3)27(22)14-24-21/h10,14,16-17,19-20H,4-9,11-13H2,1-3H3,(H,26,28)/t16-,17+,19+,20+. The minimum Gasteiger partial charge on any atom is -0.378 e. The van der Waals surface area contributed by atoms with Gasteiger partial charge in [-0.3, -0.25) is 9.20 Å². The first kappa shape index (κ1) is 21.2. The highest BCUT2D eigenvalue weighted by atomic mass is 16.5. The number of amides is 1. The number of hydrogen-bond donors (Lipinski definition) is 1. The van der Waals surface area contributed by atoms with Gasteiger partial charge < -0.3 is 14.8 Å². The summed E-state index contributed by atoms with van der Waals surface area (Å²) in [4.78, 5) is 22.2. The molecule has 1 amide bonds. The molecule has 2 fully saturated rings. The number of carbonyl (C=O) groups is 1. The van der Waals surface area contributed by atoms with Gasteiger partial charge in [0.05, 0.1) is 18.4 Å². The van der Waals surface area contributed by atoms with Gasteiger partial charge in [0.2, 0.25) is 0 Å². The molecule has 7 heteroatoms. The summed E-state index contributed by atoms with van der Waals surface area (Å²) < 4.78 is 13.3. The van der Waals surface area contributed by atoms with E-state index in [0.29, 0.717) is 35.9 Å². The molecule has 2 aliphatic rings. The molecular formula is C23H34N4O3. The fourth-order valence-corrected chi connectivity index (χ4v) is 5.26. The minimum absolute atomic E-state index is 0.119. The van der Waals surface area contributed by atoms with Crippen molar-refractivity contribution in [2.45, 2.75) is 77.5 Å². The van der Waals surface area contributed by atoms with Crippen LogP contribution >= 0.6 is 0 Å². The van der Waals surface area contributed by atoms with Gasteiger partial charge in [-0.15, -0.1) is 0 Å². The average molecular weight is 415 g/mol. The maximum atomic E-state index is 13.2. The third kappa shape index (κ3) is 4.37. The zero-order chi connectivity index (χ0) is 21.1. The number of aromatic nitrogens is 3. The highest BCUT2D eigenvalue weighted by molar-refractivity contribution is 5.98. The van der Waals surface area contributed by atoms with Crippen LogP contribution in [0.15, 0.2) is 12.4 Å². The summed E-state index contributed by atoms with van der Waals surface area (Å²) in [7, 11) is 1.66. The first-order valence-corrected chi connectivity index (χ1v) is 11.4. The first-order valence-electron chi connectivity index (χ1n) is 11.4. The van der Waals surface area contributed by atoms with Gasteiger partial charge in [0.25, 0.3) is 5.91 Å². The molecule has 0 unspecified atom stereocenters. The van der Waals surface area contributed by atoms with Crippen molar-refractivity contribution in [3.8, 4) is 0 Å². The van der Waals surface area contributed by atoms with Gasteiger partial charge in [-0.2, -0.15) is 0 Å². The van der Waals surface area contributed by atoms with Crippen LogP contribution in [0.4, 0.5) is 0 Å². The van der Waals surface area contributed by atoms with Crippen molar-refractivity contribution in [1.29, 1.82) is 0 Å². The second-order valence-electron chi connectivity index (χ2n) is 8.88. The van der Waals surface area contributed by atoms with Gasteiger partial charge in [0.15, 0.2) is 11.3 Å². The number of fused-ring (bicyclic) bond motifs is 3. The van der Waals surface area contributed by atoms with E-state index in [0.717, 1.165) is 56.5 Å². The van der Waals surface area contributed by atoms with Crippen LogP contribution in [0, 0.1) is 18.8 Å². The van der Waals surface area contributed by atoms with Crippen LogP contribution in [0.2, 0.25) is 0 Å². The number of nitrogens with zero attached hydrogens (tertiary/aromatic N) is 3. The van der Waals surface area contributed by atoms with E-state index >= 15 is 0 Å². The van der Waals surface area contributed by atoms with Crippen molar-refractivity contribution in [1.82, 2.24) is 19.7 Å². The molecule has 0 aliphatic heterocycles. The minimum atomic E-state index is -0.119. The Morgan fingerprint density at radius 2 is 2.07 bits per heavy atom. The van der Waals surface area contributed by atoms with Gasteiger partial charge in [-0.1, -0.05) is 19.8 Å². The largest absolute Gasteiger partial charge is 0.378 e. The van der Waals surface area contributed by atoms with Crippen molar-refractivity contribution < 1.29 is 14.3 Å². The molecule has 0 radical (unpaired) electrons. The zero-order valence-electron chi connectivity index (χ0n) is 18.4. The number of aryl methyl sites for hydroxylation is 1. The lowest BCUT2D eigenvalue weighted by Gasteiger charge is -2.45. The second kappa shape index (κ2) is 9.43. The highest BCUT2D eigenvalue weighted by Gasteiger charge is 2.41. The fraction of sp³-hybridized carbons (Fsp3) is 0.696. The number of methoxy groups -OCH3 is 1. The summed E-state index contributed by atoms with van der Waals surface area (Å²) in [6, 6.07) is 2.17. The SMILES string of the molecule is CCCCO[C@H]1C[C@H]2CCC[C@@H](C1)[C@H]2NC(=O)c1ncn2c(COC)cc(C)nc12. The fourth-order valence-electron chi connectivity index (χ4n) is 5.26. The van der Waals surface area contributed by atoms with Crippen molar-refractivity contribution in [3.05, 3.63) is 29.5 Å². The third-order valence-corrected chi connectivity index (χ3v) is 6.66. The Morgan fingerprint density at radius 1 is 1.30 bits per heavy atom. The van der Waals surface area contributed by atoms with Crippen LogP contribution in [0.3, 0.4) is 0 Å². The molecule has 2 heterocycles. The molecule has 4 rings (SSSR count). The Balaban J connectivity index is 1.49. The van der Waals surface area contributed by atoms with Crippen LogP contribution in [-0.2, 0) is 16.1 Å². The quantitative estimate of drug-likeness (QED) is 0.667. The molecule has 2 aromatic heterocycles. The Hall–Kier alpha value is -1.99. The molecule has 30 heavy (non-hydrogen) atoms. The van der Waals surface area contributed by atoms with Gasteiger partial charge in [0, 0.05) is 25.5 Å². The average Bonchev–Trinajstić information content (AvgIpc) is 3.13. The highest BCUT2D eigenvalue weighted by Crippen LogP contribution is 2.41. The van der Waals surface area contributed by atoms with E-state index in [9.17, 15) is 4.79 Å². The maximum Gasteiger partial charge on any atom is 0.274 e. The number of carbonyl (C=O) groups excluding carboxylic acids is 1. The summed E-state index contributed by atoms with van der Waals surface area (Å²) >= 11 is 0.